The molecule has 3 nitrogen and oxygen atoms in total. The first-order chi connectivity index (χ1) is 9.16. The summed E-state index contributed by atoms with van der Waals surface area (Å²) in [6, 6.07) is 11.2. The smallest absolute Gasteiger partial charge is 0.157 e. The van der Waals surface area contributed by atoms with E-state index >= 15 is 0 Å². The van der Waals surface area contributed by atoms with E-state index in [1.54, 1.807) is 6.07 Å². The van der Waals surface area contributed by atoms with E-state index in [2.05, 4.69) is 27.3 Å². The Morgan fingerprint density at radius 2 is 1.95 bits per heavy atom. The maximum absolute atomic E-state index is 9.65. The van der Waals surface area contributed by atoms with Crippen LogP contribution in [0.25, 0.3) is 0 Å². The average Bonchev–Trinajstić information content (AvgIpc) is 2.42. The standard InChI is InChI=1S/C15H14BrNO2/c16-13-3-1-2-10-11(7-17-8-12(10)13)9-4-5-14(18)15(19)6-9/h1-6,11,17-19H,7-8H2. The predicted molar refractivity (Wildman–Crippen MR) is 77.5 cm³/mol. The van der Waals surface area contributed by atoms with Gasteiger partial charge in [0.1, 0.15) is 0 Å². The van der Waals surface area contributed by atoms with Crippen molar-refractivity contribution in [2.45, 2.75) is 12.5 Å². The van der Waals surface area contributed by atoms with E-state index in [0.29, 0.717) is 0 Å². The summed E-state index contributed by atoms with van der Waals surface area (Å²) >= 11 is 3.58. The molecule has 1 unspecified atom stereocenters. The number of hydrogen-bond donors (Lipinski definition) is 3. The molecule has 0 saturated heterocycles. The fourth-order valence-corrected chi connectivity index (χ4v) is 3.12. The fourth-order valence-electron chi connectivity index (χ4n) is 2.59. The van der Waals surface area contributed by atoms with Gasteiger partial charge in [-0.25, -0.2) is 0 Å². The third kappa shape index (κ3) is 2.22. The number of fused-ring (bicyclic) bond motifs is 1. The van der Waals surface area contributed by atoms with Crippen molar-refractivity contribution in [3.63, 3.8) is 0 Å². The minimum atomic E-state index is -0.0815. The number of halogens is 1. The van der Waals surface area contributed by atoms with Crippen molar-refractivity contribution in [1.29, 1.82) is 0 Å². The summed E-state index contributed by atoms with van der Waals surface area (Å²) in [4.78, 5) is 0. The zero-order valence-corrected chi connectivity index (χ0v) is 11.8. The molecule has 1 aliphatic heterocycles. The quantitative estimate of drug-likeness (QED) is 0.708. The van der Waals surface area contributed by atoms with Crippen LogP contribution in [-0.4, -0.2) is 16.8 Å². The highest BCUT2D eigenvalue weighted by molar-refractivity contribution is 9.10. The summed E-state index contributed by atoms with van der Waals surface area (Å²) in [5, 5.41) is 22.5. The third-order valence-electron chi connectivity index (χ3n) is 3.58. The highest BCUT2D eigenvalue weighted by atomic mass is 79.9. The Bertz CT molecular complexity index is 628. The van der Waals surface area contributed by atoms with Gasteiger partial charge in [-0.2, -0.15) is 0 Å². The van der Waals surface area contributed by atoms with Crippen molar-refractivity contribution in [3.05, 3.63) is 57.6 Å². The Hall–Kier alpha value is -1.52. The molecule has 0 bridgehead atoms. The Balaban J connectivity index is 2.08. The number of phenolic OH excluding ortho intramolecular Hbond substituents is 2. The van der Waals surface area contributed by atoms with Gasteiger partial charge in [-0.05, 0) is 34.9 Å². The molecule has 1 aliphatic rings. The van der Waals surface area contributed by atoms with Crippen molar-refractivity contribution in [2.24, 2.45) is 0 Å². The van der Waals surface area contributed by atoms with Crippen molar-refractivity contribution in [2.75, 3.05) is 6.54 Å². The summed E-state index contributed by atoms with van der Waals surface area (Å²) in [5.74, 6) is 0.0364. The Morgan fingerprint density at radius 3 is 2.74 bits per heavy atom. The molecule has 3 rings (SSSR count). The summed E-state index contributed by atoms with van der Waals surface area (Å²) in [7, 11) is 0. The van der Waals surface area contributed by atoms with Crippen molar-refractivity contribution in [3.8, 4) is 11.5 Å². The summed E-state index contributed by atoms with van der Waals surface area (Å²) in [5.41, 5.74) is 3.52. The number of hydrogen-bond acceptors (Lipinski definition) is 3. The van der Waals surface area contributed by atoms with Gasteiger partial charge in [0.25, 0.3) is 0 Å². The van der Waals surface area contributed by atoms with Crippen LogP contribution in [0.3, 0.4) is 0 Å². The predicted octanol–water partition coefficient (Wildman–Crippen LogP) is 3.10. The Kier molecular flexibility index (Phi) is 3.21. The molecular weight excluding hydrogens is 306 g/mol. The number of aromatic hydroxyl groups is 2. The van der Waals surface area contributed by atoms with Crippen LogP contribution in [0.1, 0.15) is 22.6 Å². The lowest BCUT2D eigenvalue weighted by Gasteiger charge is -2.27. The van der Waals surface area contributed by atoms with Crippen LogP contribution in [0.2, 0.25) is 0 Å². The van der Waals surface area contributed by atoms with E-state index in [1.807, 2.05) is 18.2 Å². The van der Waals surface area contributed by atoms with Crippen molar-refractivity contribution >= 4 is 15.9 Å². The monoisotopic (exact) mass is 319 g/mol. The molecule has 0 spiro atoms. The molecule has 3 N–H and O–H groups in total. The van der Waals surface area contributed by atoms with Crippen LogP contribution < -0.4 is 5.32 Å². The van der Waals surface area contributed by atoms with E-state index in [0.717, 1.165) is 23.1 Å². The molecule has 2 aromatic rings. The topological polar surface area (TPSA) is 52.5 Å². The molecule has 0 radical (unpaired) electrons. The van der Waals surface area contributed by atoms with Crippen LogP contribution in [0.4, 0.5) is 0 Å². The van der Waals surface area contributed by atoms with E-state index in [4.69, 9.17) is 0 Å². The van der Waals surface area contributed by atoms with E-state index in [-0.39, 0.29) is 17.4 Å². The van der Waals surface area contributed by atoms with Gasteiger partial charge < -0.3 is 15.5 Å². The van der Waals surface area contributed by atoms with E-state index < -0.39 is 0 Å². The normalized spacial score (nSPS) is 18.1. The molecule has 19 heavy (non-hydrogen) atoms. The zero-order valence-electron chi connectivity index (χ0n) is 10.2. The molecule has 0 amide bonds. The number of benzene rings is 2. The van der Waals surface area contributed by atoms with Crippen LogP contribution in [-0.2, 0) is 6.54 Å². The SMILES string of the molecule is Oc1ccc(C2CNCc3c(Br)cccc32)cc1O. The van der Waals surface area contributed by atoms with Gasteiger partial charge in [0.15, 0.2) is 11.5 Å². The lowest BCUT2D eigenvalue weighted by atomic mass is 9.85. The minimum Gasteiger partial charge on any atom is -0.504 e. The molecule has 4 heteroatoms. The highest BCUT2D eigenvalue weighted by Gasteiger charge is 2.23. The molecular formula is C15H14BrNO2. The average molecular weight is 320 g/mol. The molecule has 2 aromatic carbocycles. The Morgan fingerprint density at radius 1 is 1.11 bits per heavy atom. The second-order valence-corrected chi connectivity index (χ2v) is 5.59. The minimum absolute atomic E-state index is 0.0698. The first-order valence-corrected chi connectivity index (χ1v) is 6.96. The van der Waals surface area contributed by atoms with Gasteiger partial charge in [0.05, 0.1) is 0 Å². The van der Waals surface area contributed by atoms with Gasteiger partial charge in [-0.15, -0.1) is 0 Å². The van der Waals surface area contributed by atoms with Gasteiger partial charge in [0, 0.05) is 23.5 Å². The summed E-state index contributed by atoms with van der Waals surface area (Å²) in [6.45, 7) is 1.67. The van der Waals surface area contributed by atoms with Gasteiger partial charge in [-0.1, -0.05) is 34.1 Å². The maximum atomic E-state index is 9.65. The van der Waals surface area contributed by atoms with E-state index in [1.165, 1.54) is 17.2 Å². The second kappa shape index (κ2) is 4.87. The zero-order chi connectivity index (χ0) is 13.4. The summed E-state index contributed by atoms with van der Waals surface area (Å²) in [6.07, 6.45) is 0. The largest absolute Gasteiger partial charge is 0.504 e. The number of rotatable bonds is 1. The van der Waals surface area contributed by atoms with Gasteiger partial charge in [-0.3, -0.25) is 0 Å². The lowest BCUT2D eigenvalue weighted by Crippen LogP contribution is -2.29. The van der Waals surface area contributed by atoms with Crippen LogP contribution in [0.15, 0.2) is 40.9 Å². The third-order valence-corrected chi connectivity index (χ3v) is 4.33. The molecule has 0 saturated carbocycles. The molecule has 1 heterocycles. The lowest BCUT2D eigenvalue weighted by molar-refractivity contribution is 0.402. The van der Waals surface area contributed by atoms with Gasteiger partial charge in [0.2, 0.25) is 0 Å². The molecule has 0 aromatic heterocycles. The highest BCUT2D eigenvalue weighted by Crippen LogP contribution is 2.36. The number of phenols is 2. The van der Waals surface area contributed by atoms with Crippen LogP contribution in [0, 0.1) is 0 Å². The van der Waals surface area contributed by atoms with Crippen LogP contribution in [0.5, 0.6) is 11.5 Å². The van der Waals surface area contributed by atoms with Crippen molar-refractivity contribution < 1.29 is 10.2 Å². The fraction of sp³-hybridized carbons (Fsp3) is 0.200. The van der Waals surface area contributed by atoms with Gasteiger partial charge >= 0.3 is 0 Å². The summed E-state index contributed by atoms with van der Waals surface area (Å²) < 4.78 is 1.10. The maximum Gasteiger partial charge on any atom is 0.157 e. The molecule has 98 valence electrons. The molecule has 1 atom stereocenters. The number of nitrogens with one attached hydrogen (secondary N) is 1. The molecule has 0 fully saturated rings. The molecule has 0 aliphatic carbocycles. The first-order valence-electron chi connectivity index (χ1n) is 6.16. The Labute approximate surface area is 120 Å². The first kappa shape index (κ1) is 12.5. The van der Waals surface area contributed by atoms with Crippen molar-refractivity contribution in [1.82, 2.24) is 5.32 Å². The van der Waals surface area contributed by atoms with E-state index in [9.17, 15) is 10.2 Å². The second-order valence-electron chi connectivity index (χ2n) is 4.74. The van der Waals surface area contributed by atoms with Crippen LogP contribution >= 0.6 is 15.9 Å².